The largest absolute Gasteiger partial charge is 0.399 e. The Morgan fingerprint density at radius 1 is 1.20 bits per heavy atom. The van der Waals surface area contributed by atoms with Gasteiger partial charge in [0, 0.05) is 19.4 Å². The summed E-state index contributed by atoms with van der Waals surface area (Å²) in [6.45, 7) is 0.870. The normalized spacial score (nSPS) is 10.5. The molecule has 0 atom stereocenters. The summed E-state index contributed by atoms with van der Waals surface area (Å²) in [5, 5.41) is 0. The van der Waals surface area contributed by atoms with Gasteiger partial charge in [-0.2, -0.15) is 11.8 Å². The molecule has 15 heavy (non-hydrogen) atoms. The number of anilines is 1. The fourth-order valence-electron chi connectivity index (χ4n) is 1.28. The van der Waals surface area contributed by atoms with E-state index in [2.05, 4.69) is 12.1 Å². The quantitative estimate of drug-likeness (QED) is 0.572. The first-order valence-electron chi connectivity index (χ1n) is 5.24. The molecule has 0 amide bonds. The fraction of sp³-hybridized carbons (Fsp3) is 0.500. The van der Waals surface area contributed by atoms with E-state index in [0.29, 0.717) is 0 Å². The van der Waals surface area contributed by atoms with Crippen LogP contribution in [0.15, 0.2) is 24.3 Å². The third kappa shape index (κ3) is 5.70. The fourth-order valence-corrected chi connectivity index (χ4v) is 2.19. The average molecular weight is 225 g/mol. The van der Waals surface area contributed by atoms with Crippen LogP contribution in [0.3, 0.4) is 0 Å². The van der Waals surface area contributed by atoms with E-state index in [-0.39, 0.29) is 0 Å². The zero-order chi connectivity index (χ0) is 10.9. The predicted molar refractivity (Wildman–Crippen MR) is 68.4 cm³/mol. The van der Waals surface area contributed by atoms with Crippen molar-refractivity contribution < 1.29 is 4.74 Å². The molecule has 2 nitrogen and oxygen atoms in total. The predicted octanol–water partition coefficient (Wildman–Crippen LogP) is 2.58. The van der Waals surface area contributed by atoms with Gasteiger partial charge in [-0.25, -0.2) is 0 Å². The number of aryl methyl sites for hydroxylation is 1. The number of hydrogen-bond acceptors (Lipinski definition) is 3. The highest BCUT2D eigenvalue weighted by Crippen LogP contribution is 2.10. The summed E-state index contributed by atoms with van der Waals surface area (Å²) in [6.07, 6.45) is 2.26. The summed E-state index contributed by atoms with van der Waals surface area (Å²) in [4.78, 5) is 0. The SMILES string of the molecule is COCCCSCCc1ccc(N)cc1. The van der Waals surface area contributed by atoms with Gasteiger partial charge in [-0.3, -0.25) is 0 Å². The Kier molecular flexibility index (Phi) is 6.28. The van der Waals surface area contributed by atoms with Gasteiger partial charge < -0.3 is 10.5 Å². The highest BCUT2D eigenvalue weighted by Gasteiger charge is 1.94. The Hall–Kier alpha value is -0.670. The van der Waals surface area contributed by atoms with Crippen molar-refractivity contribution >= 4 is 17.4 Å². The van der Waals surface area contributed by atoms with Crippen LogP contribution in [0.2, 0.25) is 0 Å². The second-order valence-electron chi connectivity index (χ2n) is 3.45. The number of hydrogen-bond donors (Lipinski definition) is 1. The standard InChI is InChI=1S/C12H19NOS/c1-14-8-2-9-15-10-7-11-3-5-12(13)6-4-11/h3-6H,2,7-10,13H2,1H3. The van der Waals surface area contributed by atoms with Crippen molar-refractivity contribution in [3.63, 3.8) is 0 Å². The van der Waals surface area contributed by atoms with Crippen molar-refractivity contribution in [1.82, 2.24) is 0 Å². The lowest BCUT2D eigenvalue weighted by Crippen LogP contribution is -1.94. The van der Waals surface area contributed by atoms with E-state index in [4.69, 9.17) is 10.5 Å². The summed E-state index contributed by atoms with van der Waals surface area (Å²) < 4.78 is 4.99. The van der Waals surface area contributed by atoms with Crippen molar-refractivity contribution in [1.29, 1.82) is 0 Å². The van der Waals surface area contributed by atoms with Gasteiger partial charge in [0.05, 0.1) is 0 Å². The number of rotatable bonds is 7. The Bertz CT molecular complexity index is 261. The van der Waals surface area contributed by atoms with Crippen molar-refractivity contribution in [3.05, 3.63) is 29.8 Å². The number of nitrogens with two attached hydrogens (primary N) is 1. The molecule has 84 valence electrons. The second kappa shape index (κ2) is 7.60. The van der Waals surface area contributed by atoms with Gasteiger partial charge in [0.25, 0.3) is 0 Å². The van der Waals surface area contributed by atoms with Crippen LogP contribution in [0.4, 0.5) is 5.69 Å². The first-order valence-corrected chi connectivity index (χ1v) is 6.39. The summed E-state index contributed by atoms with van der Waals surface area (Å²) in [6, 6.07) is 8.13. The van der Waals surface area contributed by atoms with Gasteiger partial charge in [0.15, 0.2) is 0 Å². The highest BCUT2D eigenvalue weighted by atomic mass is 32.2. The third-order valence-corrected chi connectivity index (χ3v) is 3.22. The highest BCUT2D eigenvalue weighted by molar-refractivity contribution is 7.99. The zero-order valence-electron chi connectivity index (χ0n) is 9.24. The molecule has 3 heteroatoms. The Labute approximate surface area is 96.2 Å². The molecule has 1 aromatic carbocycles. The molecule has 0 unspecified atom stereocenters. The maximum atomic E-state index is 5.62. The lowest BCUT2D eigenvalue weighted by atomic mass is 10.2. The number of methoxy groups -OCH3 is 1. The lowest BCUT2D eigenvalue weighted by molar-refractivity contribution is 0.200. The van der Waals surface area contributed by atoms with E-state index >= 15 is 0 Å². The molecule has 0 aliphatic carbocycles. The van der Waals surface area contributed by atoms with Crippen LogP contribution in [0.25, 0.3) is 0 Å². The molecule has 0 aliphatic heterocycles. The molecule has 0 spiro atoms. The Morgan fingerprint density at radius 2 is 1.93 bits per heavy atom. The summed E-state index contributed by atoms with van der Waals surface area (Å²) >= 11 is 1.98. The summed E-state index contributed by atoms with van der Waals surface area (Å²) in [5.74, 6) is 2.36. The van der Waals surface area contributed by atoms with Gasteiger partial charge in [-0.05, 0) is 42.0 Å². The molecule has 0 saturated carbocycles. The van der Waals surface area contributed by atoms with Crippen molar-refractivity contribution in [2.24, 2.45) is 0 Å². The number of thioether (sulfide) groups is 1. The minimum Gasteiger partial charge on any atom is -0.399 e. The van der Waals surface area contributed by atoms with E-state index < -0.39 is 0 Å². The topological polar surface area (TPSA) is 35.2 Å². The number of ether oxygens (including phenoxy) is 1. The van der Waals surface area contributed by atoms with Crippen LogP contribution in [-0.2, 0) is 11.2 Å². The second-order valence-corrected chi connectivity index (χ2v) is 4.68. The smallest absolute Gasteiger partial charge is 0.0470 e. The maximum absolute atomic E-state index is 5.62. The first kappa shape index (κ1) is 12.4. The van der Waals surface area contributed by atoms with Crippen LogP contribution in [-0.4, -0.2) is 25.2 Å². The van der Waals surface area contributed by atoms with E-state index in [1.807, 2.05) is 23.9 Å². The molecule has 0 aromatic heterocycles. The van der Waals surface area contributed by atoms with Gasteiger partial charge in [0.1, 0.15) is 0 Å². The zero-order valence-corrected chi connectivity index (χ0v) is 10.1. The van der Waals surface area contributed by atoms with Crippen molar-refractivity contribution in [2.75, 3.05) is 31.0 Å². The van der Waals surface area contributed by atoms with Crippen LogP contribution in [0.1, 0.15) is 12.0 Å². The molecule has 0 saturated heterocycles. The van der Waals surface area contributed by atoms with Gasteiger partial charge in [-0.1, -0.05) is 12.1 Å². The van der Waals surface area contributed by atoms with E-state index in [1.54, 1.807) is 7.11 Å². The van der Waals surface area contributed by atoms with Crippen LogP contribution in [0.5, 0.6) is 0 Å². The van der Waals surface area contributed by atoms with Crippen LogP contribution >= 0.6 is 11.8 Å². The Balaban J connectivity index is 2.07. The molecule has 1 aromatic rings. The van der Waals surface area contributed by atoms with Gasteiger partial charge in [-0.15, -0.1) is 0 Å². The number of benzene rings is 1. The van der Waals surface area contributed by atoms with Gasteiger partial charge >= 0.3 is 0 Å². The molecular weight excluding hydrogens is 206 g/mol. The molecule has 0 fully saturated rings. The molecule has 0 radical (unpaired) electrons. The Morgan fingerprint density at radius 3 is 2.60 bits per heavy atom. The molecular formula is C12H19NOS. The minimum absolute atomic E-state index is 0.839. The van der Waals surface area contributed by atoms with E-state index in [1.165, 1.54) is 17.1 Å². The van der Waals surface area contributed by atoms with Crippen LogP contribution < -0.4 is 5.73 Å². The lowest BCUT2D eigenvalue weighted by Gasteiger charge is -2.02. The van der Waals surface area contributed by atoms with Crippen molar-refractivity contribution in [3.8, 4) is 0 Å². The molecule has 0 heterocycles. The number of nitrogen functional groups attached to an aromatic ring is 1. The molecule has 2 N–H and O–H groups in total. The van der Waals surface area contributed by atoms with Gasteiger partial charge in [0.2, 0.25) is 0 Å². The molecule has 0 aliphatic rings. The minimum atomic E-state index is 0.839. The van der Waals surface area contributed by atoms with Crippen LogP contribution in [0, 0.1) is 0 Å². The van der Waals surface area contributed by atoms with E-state index in [9.17, 15) is 0 Å². The van der Waals surface area contributed by atoms with Crippen molar-refractivity contribution in [2.45, 2.75) is 12.8 Å². The summed E-state index contributed by atoms with van der Waals surface area (Å²) in [7, 11) is 1.75. The maximum Gasteiger partial charge on any atom is 0.0470 e. The molecule has 0 bridgehead atoms. The first-order chi connectivity index (χ1) is 7.33. The third-order valence-electron chi connectivity index (χ3n) is 2.15. The molecule has 1 rings (SSSR count). The monoisotopic (exact) mass is 225 g/mol. The van der Waals surface area contributed by atoms with E-state index in [0.717, 1.165) is 25.1 Å². The average Bonchev–Trinajstić information content (AvgIpc) is 2.26. The summed E-state index contributed by atoms with van der Waals surface area (Å²) in [5.41, 5.74) is 7.82.